The summed E-state index contributed by atoms with van der Waals surface area (Å²) in [6.45, 7) is 2.22. The molecule has 0 fully saturated rings. The number of benzene rings is 1. The fourth-order valence-corrected chi connectivity index (χ4v) is 1.80. The second kappa shape index (κ2) is 10.0. The number of methoxy groups -OCH3 is 3. The standard InChI is InChI=1S/C15H24N2O4/c1-19-8-4-7-16-11-15(18)17-10-12-5-6-13(20-2)14(9-12)21-3/h5-6,9,16H,4,7-8,10-11H2,1-3H3,(H,17,18). The third-order valence-corrected chi connectivity index (χ3v) is 2.93. The Bertz CT molecular complexity index is 438. The van der Waals surface area contributed by atoms with E-state index in [1.807, 2.05) is 18.2 Å². The van der Waals surface area contributed by atoms with Crippen molar-refractivity contribution in [2.45, 2.75) is 13.0 Å². The predicted molar refractivity (Wildman–Crippen MR) is 80.8 cm³/mol. The van der Waals surface area contributed by atoms with E-state index in [1.54, 1.807) is 21.3 Å². The number of carbonyl (C=O) groups is 1. The SMILES string of the molecule is COCCCNCC(=O)NCc1ccc(OC)c(OC)c1. The largest absolute Gasteiger partial charge is 0.493 e. The predicted octanol–water partition coefficient (Wildman–Crippen LogP) is 0.946. The van der Waals surface area contributed by atoms with Gasteiger partial charge in [0.15, 0.2) is 11.5 Å². The summed E-state index contributed by atoms with van der Waals surface area (Å²) in [7, 11) is 4.84. The van der Waals surface area contributed by atoms with Crippen LogP contribution in [-0.4, -0.2) is 46.9 Å². The maximum Gasteiger partial charge on any atom is 0.234 e. The Kier molecular flexibility index (Phi) is 8.23. The Morgan fingerprint density at radius 3 is 2.57 bits per heavy atom. The van der Waals surface area contributed by atoms with E-state index >= 15 is 0 Å². The molecule has 1 aromatic carbocycles. The fraction of sp³-hybridized carbons (Fsp3) is 0.533. The number of rotatable bonds is 10. The van der Waals surface area contributed by atoms with Crippen LogP contribution in [-0.2, 0) is 16.1 Å². The molecule has 6 nitrogen and oxygen atoms in total. The van der Waals surface area contributed by atoms with Crippen molar-refractivity contribution in [3.63, 3.8) is 0 Å². The first-order valence-electron chi connectivity index (χ1n) is 6.88. The number of amides is 1. The van der Waals surface area contributed by atoms with E-state index in [9.17, 15) is 4.79 Å². The molecule has 0 atom stereocenters. The van der Waals surface area contributed by atoms with Crippen LogP contribution in [0.4, 0.5) is 0 Å². The molecular formula is C15H24N2O4. The highest BCUT2D eigenvalue weighted by atomic mass is 16.5. The van der Waals surface area contributed by atoms with Gasteiger partial charge >= 0.3 is 0 Å². The Morgan fingerprint density at radius 2 is 1.90 bits per heavy atom. The summed E-state index contributed by atoms with van der Waals surface area (Å²) in [5, 5.41) is 5.91. The molecule has 0 aliphatic heterocycles. The molecule has 0 saturated heterocycles. The zero-order valence-electron chi connectivity index (χ0n) is 12.9. The lowest BCUT2D eigenvalue weighted by atomic mass is 10.2. The van der Waals surface area contributed by atoms with Gasteiger partial charge in [0, 0.05) is 20.3 Å². The van der Waals surface area contributed by atoms with Crippen molar-refractivity contribution in [1.82, 2.24) is 10.6 Å². The molecule has 1 rings (SSSR count). The highest BCUT2D eigenvalue weighted by molar-refractivity contribution is 5.77. The zero-order valence-corrected chi connectivity index (χ0v) is 12.9. The lowest BCUT2D eigenvalue weighted by molar-refractivity contribution is -0.120. The van der Waals surface area contributed by atoms with Crippen LogP contribution < -0.4 is 20.1 Å². The number of carbonyl (C=O) groups excluding carboxylic acids is 1. The molecule has 0 unspecified atom stereocenters. The van der Waals surface area contributed by atoms with Crippen LogP contribution in [0.25, 0.3) is 0 Å². The molecule has 1 amide bonds. The molecule has 0 aromatic heterocycles. The third kappa shape index (κ3) is 6.46. The van der Waals surface area contributed by atoms with Gasteiger partial charge in [0.05, 0.1) is 20.8 Å². The van der Waals surface area contributed by atoms with Gasteiger partial charge in [0.1, 0.15) is 0 Å². The molecule has 0 aliphatic rings. The van der Waals surface area contributed by atoms with E-state index in [2.05, 4.69) is 10.6 Å². The topological polar surface area (TPSA) is 68.8 Å². The summed E-state index contributed by atoms with van der Waals surface area (Å²) in [6.07, 6.45) is 0.888. The molecule has 0 spiro atoms. The van der Waals surface area contributed by atoms with Crippen molar-refractivity contribution in [2.75, 3.05) is 41.0 Å². The van der Waals surface area contributed by atoms with Crippen LogP contribution in [0, 0.1) is 0 Å². The molecule has 0 heterocycles. The second-order valence-electron chi connectivity index (χ2n) is 4.49. The first-order valence-corrected chi connectivity index (χ1v) is 6.88. The Hall–Kier alpha value is -1.79. The Balaban J connectivity index is 2.32. The van der Waals surface area contributed by atoms with Crippen molar-refractivity contribution >= 4 is 5.91 Å². The molecule has 1 aromatic rings. The maximum atomic E-state index is 11.7. The van der Waals surface area contributed by atoms with E-state index in [0.717, 1.165) is 18.5 Å². The van der Waals surface area contributed by atoms with Crippen LogP contribution in [0.15, 0.2) is 18.2 Å². The monoisotopic (exact) mass is 296 g/mol. The Labute approximate surface area is 125 Å². The van der Waals surface area contributed by atoms with Crippen LogP contribution in [0.3, 0.4) is 0 Å². The van der Waals surface area contributed by atoms with Crippen molar-refractivity contribution in [3.8, 4) is 11.5 Å². The summed E-state index contributed by atoms with van der Waals surface area (Å²) in [5.74, 6) is 1.29. The molecule has 0 radical (unpaired) electrons. The highest BCUT2D eigenvalue weighted by Crippen LogP contribution is 2.27. The first-order chi connectivity index (χ1) is 10.2. The van der Waals surface area contributed by atoms with Crippen LogP contribution >= 0.6 is 0 Å². The van der Waals surface area contributed by atoms with Gasteiger partial charge in [-0.05, 0) is 30.7 Å². The van der Waals surface area contributed by atoms with E-state index < -0.39 is 0 Å². The number of nitrogens with one attached hydrogen (secondary N) is 2. The van der Waals surface area contributed by atoms with Crippen LogP contribution in [0.2, 0.25) is 0 Å². The lowest BCUT2D eigenvalue weighted by Crippen LogP contribution is -2.34. The Morgan fingerprint density at radius 1 is 1.14 bits per heavy atom. The minimum atomic E-state index is -0.0396. The van der Waals surface area contributed by atoms with Gasteiger partial charge in [-0.25, -0.2) is 0 Å². The van der Waals surface area contributed by atoms with E-state index in [4.69, 9.17) is 14.2 Å². The van der Waals surface area contributed by atoms with E-state index in [-0.39, 0.29) is 5.91 Å². The van der Waals surface area contributed by atoms with Gasteiger partial charge in [0.25, 0.3) is 0 Å². The molecule has 2 N–H and O–H groups in total. The average molecular weight is 296 g/mol. The minimum Gasteiger partial charge on any atom is -0.493 e. The van der Waals surface area contributed by atoms with Crippen LogP contribution in [0.5, 0.6) is 11.5 Å². The highest BCUT2D eigenvalue weighted by Gasteiger charge is 2.06. The van der Waals surface area contributed by atoms with Crippen molar-refractivity contribution in [3.05, 3.63) is 23.8 Å². The number of hydrogen-bond acceptors (Lipinski definition) is 5. The maximum absolute atomic E-state index is 11.7. The molecule has 6 heteroatoms. The number of ether oxygens (including phenoxy) is 3. The zero-order chi connectivity index (χ0) is 15.5. The van der Waals surface area contributed by atoms with Gasteiger partial charge in [-0.15, -0.1) is 0 Å². The molecule has 0 saturated carbocycles. The van der Waals surface area contributed by atoms with Gasteiger partial charge in [0.2, 0.25) is 5.91 Å². The second-order valence-corrected chi connectivity index (χ2v) is 4.49. The van der Waals surface area contributed by atoms with Crippen molar-refractivity contribution in [1.29, 1.82) is 0 Å². The van der Waals surface area contributed by atoms with Gasteiger partial charge < -0.3 is 24.8 Å². The summed E-state index contributed by atoms with van der Waals surface area (Å²) >= 11 is 0. The minimum absolute atomic E-state index is 0.0396. The van der Waals surface area contributed by atoms with E-state index in [1.165, 1.54) is 0 Å². The van der Waals surface area contributed by atoms with Gasteiger partial charge in [-0.1, -0.05) is 6.07 Å². The molecule has 118 valence electrons. The summed E-state index contributed by atoms with van der Waals surface area (Å²) < 4.78 is 15.3. The normalized spacial score (nSPS) is 10.2. The van der Waals surface area contributed by atoms with Gasteiger partial charge in [-0.2, -0.15) is 0 Å². The average Bonchev–Trinajstić information content (AvgIpc) is 2.52. The molecule has 0 aliphatic carbocycles. The summed E-state index contributed by atoms with van der Waals surface area (Å²) in [5.41, 5.74) is 0.959. The molecule has 21 heavy (non-hydrogen) atoms. The van der Waals surface area contributed by atoms with Crippen molar-refractivity contribution < 1.29 is 19.0 Å². The third-order valence-electron chi connectivity index (χ3n) is 2.93. The molecular weight excluding hydrogens is 272 g/mol. The quantitative estimate of drug-likeness (QED) is 0.629. The van der Waals surface area contributed by atoms with Crippen molar-refractivity contribution in [2.24, 2.45) is 0 Å². The lowest BCUT2D eigenvalue weighted by Gasteiger charge is -2.10. The van der Waals surface area contributed by atoms with Crippen LogP contribution in [0.1, 0.15) is 12.0 Å². The first kappa shape index (κ1) is 17.3. The molecule has 0 bridgehead atoms. The summed E-state index contributed by atoms with van der Waals surface area (Å²) in [4.78, 5) is 11.7. The summed E-state index contributed by atoms with van der Waals surface area (Å²) in [6, 6.07) is 5.57. The van der Waals surface area contributed by atoms with E-state index in [0.29, 0.717) is 31.2 Å². The number of hydrogen-bond donors (Lipinski definition) is 2. The fourth-order valence-electron chi connectivity index (χ4n) is 1.80. The van der Waals surface area contributed by atoms with Gasteiger partial charge in [-0.3, -0.25) is 4.79 Å². The smallest absolute Gasteiger partial charge is 0.234 e.